The second-order valence-electron chi connectivity index (χ2n) is 4.43. The van der Waals surface area contributed by atoms with Crippen molar-refractivity contribution in [1.29, 1.82) is 0 Å². The lowest BCUT2D eigenvalue weighted by Crippen LogP contribution is -2.42. The number of hydrogen-bond acceptors (Lipinski definition) is 3. The van der Waals surface area contributed by atoms with Gasteiger partial charge in [-0.3, -0.25) is 9.69 Å². The maximum atomic E-state index is 12.0. The summed E-state index contributed by atoms with van der Waals surface area (Å²) in [5.74, 6) is 0.287. The van der Waals surface area contributed by atoms with Crippen LogP contribution in [0.15, 0.2) is 17.5 Å². The summed E-state index contributed by atoms with van der Waals surface area (Å²) in [5, 5.41) is 1.97. The molecule has 0 amide bonds. The molecular weight excluding hydrogens is 218 g/mol. The quantitative estimate of drug-likeness (QED) is 0.750. The van der Waals surface area contributed by atoms with E-state index in [1.165, 1.54) is 19.3 Å². The first-order valence-corrected chi connectivity index (χ1v) is 7.00. The summed E-state index contributed by atoms with van der Waals surface area (Å²) < 4.78 is 0. The van der Waals surface area contributed by atoms with Gasteiger partial charge in [-0.15, -0.1) is 11.3 Å². The van der Waals surface area contributed by atoms with Crippen LogP contribution in [0.1, 0.15) is 42.3 Å². The number of piperidine rings is 1. The number of hydrogen-bond donors (Lipinski definition) is 0. The predicted molar refractivity (Wildman–Crippen MR) is 68.2 cm³/mol. The highest BCUT2D eigenvalue weighted by atomic mass is 32.1. The minimum absolute atomic E-state index is 0.287. The zero-order valence-corrected chi connectivity index (χ0v) is 10.6. The first-order chi connectivity index (χ1) is 7.81. The molecule has 1 aromatic heterocycles. The van der Waals surface area contributed by atoms with Crippen LogP contribution in [0.4, 0.5) is 0 Å². The minimum atomic E-state index is 0.287. The molecule has 0 radical (unpaired) electrons. The number of carbonyl (C=O) groups is 1. The number of thiophene rings is 1. The van der Waals surface area contributed by atoms with Crippen LogP contribution in [0.3, 0.4) is 0 Å². The molecule has 2 heterocycles. The standard InChI is InChI=1S/C13H19NOS/c1-2-11-6-3-4-8-14(11)10-12(15)13-7-5-9-16-13/h5,7,9,11H,2-4,6,8,10H2,1H3/t11-/m1/s1. The van der Waals surface area contributed by atoms with E-state index in [1.807, 2.05) is 17.5 Å². The van der Waals surface area contributed by atoms with Crippen LogP contribution in [-0.2, 0) is 0 Å². The maximum absolute atomic E-state index is 12.0. The van der Waals surface area contributed by atoms with E-state index in [4.69, 9.17) is 0 Å². The van der Waals surface area contributed by atoms with Gasteiger partial charge in [-0.05, 0) is 37.3 Å². The number of ketones is 1. The number of Topliss-reactive ketones (excluding diaryl/α,β-unsaturated/α-hetero) is 1. The lowest BCUT2D eigenvalue weighted by Gasteiger charge is -2.34. The van der Waals surface area contributed by atoms with Gasteiger partial charge in [0.15, 0.2) is 5.78 Å². The van der Waals surface area contributed by atoms with Crippen molar-refractivity contribution in [2.24, 2.45) is 0 Å². The van der Waals surface area contributed by atoms with Crippen LogP contribution in [0.25, 0.3) is 0 Å². The summed E-state index contributed by atoms with van der Waals surface area (Å²) in [6, 6.07) is 4.50. The van der Waals surface area contributed by atoms with E-state index in [0.29, 0.717) is 12.6 Å². The third-order valence-corrected chi connectivity index (χ3v) is 4.27. The van der Waals surface area contributed by atoms with Crippen LogP contribution in [0, 0.1) is 0 Å². The van der Waals surface area contributed by atoms with Gasteiger partial charge in [-0.1, -0.05) is 19.4 Å². The zero-order chi connectivity index (χ0) is 11.4. The molecule has 1 atom stereocenters. The Balaban J connectivity index is 1.95. The Kier molecular flexibility index (Phi) is 4.13. The van der Waals surface area contributed by atoms with Crippen molar-refractivity contribution in [3.05, 3.63) is 22.4 Å². The molecule has 1 aromatic rings. The first kappa shape index (κ1) is 11.8. The van der Waals surface area contributed by atoms with Gasteiger partial charge in [0.2, 0.25) is 0 Å². The Hall–Kier alpha value is -0.670. The van der Waals surface area contributed by atoms with E-state index >= 15 is 0 Å². The summed E-state index contributed by atoms with van der Waals surface area (Å²) in [6.07, 6.45) is 4.99. The fourth-order valence-corrected chi connectivity index (χ4v) is 3.09. The molecule has 0 saturated carbocycles. The minimum Gasteiger partial charge on any atom is -0.293 e. The molecule has 16 heavy (non-hydrogen) atoms. The Morgan fingerprint density at radius 2 is 2.44 bits per heavy atom. The zero-order valence-electron chi connectivity index (χ0n) is 9.82. The van der Waals surface area contributed by atoms with E-state index < -0.39 is 0 Å². The van der Waals surface area contributed by atoms with Gasteiger partial charge in [-0.25, -0.2) is 0 Å². The summed E-state index contributed by atoms with van der Waals surface area (Å²) >= 11 is 1.55. The molecule has 0 aromatic carbocycles. The molecule has 0 unspecified atom stereocenters. The summed E-state index contributed by atoms with van der Waals surface area (Å²) in [7, 11) is 0. The molecule has 1 aliphatic rings. The highest BCUT2D eigenvalue weighted by molar-refractivity contribution is 7.12. The molecule has 1 fully saturated rings. The van der Waals surface area contributed by atoms with Crippen molar-refractivity contribution in [2.75, 3.05) is 13.1 Å². The van der Waals surface area contributed by atoms with Crippen LogP contribution in [-0.4, -0.2) is 29.8 Å². The van der Waals surface area contributed by atoms with Crippen molar-refractivity contribution in [3.63, 3.8) is 0 Å². The predicted octanol–water partition coefficient (Wildman–Crippen LogP) is 3.20. The highest BCUT2D eigenvalue weighted by Crippen LogP contribution is 2.20. The van der Waals surface area contributed by atoms with Crippen LogP contribution >= 0.6 is 11.3 Å². The Labute approximate surface area is 101 Å². The molecule has 1 saturated heterocycles. The van der Waals surface area contributed by atoms with Gasteiger partial charge in [0.05, 0.1) is 11.4 Å². The SMILES string of the molecule is CC[C@@H]1CCCCN1CC(=O)c1cccs1. The third-order valence-electron chi connectivity index (χ3n) is 3.36. The molecule has 1 aliphatic heterocycles. The van der Waals surface area contributed by atoms with Gasteiger partial charge >= 0.3 is 0 Å². The van der Waals surface area contributed by atoms with Gasteiger partial charge in [0.1, 0.15) is 0 Å². The molecule has 0 N–H and O–H groups in total. The van der Waals surface area contributed by atoms with Crippen molar-refractivity contribution in [1.82, 2.24) is 4.90 Å². The van der Waals surface area contributed by atoms with Crippen molar-refractivity contribution in [2.45, 2.75) is 38.6 Å². The Morgan fingerprint density at radius 3 is 3.12 bits per heavy atom. The topological polar surface area (TPSA) is 20.3 Å². The van der Waals surface area contributed by atoms with Crippen LogP contribution in [0.5, 0.6) is 0 Å². The van der Waals surface area contributed by atoms with E-state index in [-0.39, 0.29) is 5.78 Å². The molecular formula is C13H19NOS. The largest absolute Gasteiger partial charge is 0.293 e. The maximum Gasteiger partial charge on any atom is 0.186 e. The van der Waals surface area contributed by atoms with E-state index in [0.717, 1.165) is 17.8 Å². The number of nitrogens with zero attached hydrogens (tertiary/aromatic N) is 1. The molecule has 0 bridgehead atoms. The van der Waals surface area contributed by atoms with Crippen LogP contribution in [0.2, 0.25) is 0 Å². The summed E-state index contributed by atoms with van der Waals surface area (Å²) in [4.78, 5) is 15.3. The van der Waals surface area contributed by atoms with Crippen LogP contribution < -0.4 is 0 Å². The second-order valence-corrected chi connectivity index (χ2v) is 5.38. The smallest absolute Gasteiger partial charge is 0.186 e. The fraction of sp³-hybridized carbons (Fsp3) is 0.615. The van der Waals surface area contributed by atoms with Crippen molar-refractivity contribution < 1.29 is 4.79 Å². The van der Waals surface area contributed by atoms with Crippen molar-refractivity contribution >= 4 is 17.1 Å². The number of carbonyl (C=O) groups excluding carboxylic acids is 1. The fourth-order valence-electron chi connectivity index (χ4n) is 2.43. The first-order valence-electron chi connectivity index (χ1n) is 6.12. The van der Waals surface area contributed by atoms with E-state index in [1.54, 1.807) is 11.3 Å². The lowest BCUT2D eigenvalue weighted by atomic mass is 10.00. The molecule has 2 rings (SSSR count). The van der Waals surface area contributed by atoms with Crippen molar-refractivity contribution in [3.8, 4) is 0 Å². The van der Waals surface area contributed by atoms with Gasteiger partial charge in [-0.2, -0.15) is 0 Å². The molecule has 88 valence electrons. The van der Waals surface area contributed by atoms with E-state index in [2.05, 4.69) is 11.8 Å². The Morgan fingerprint density at radius 1 is 1.56 bits per heavy atom. The summed E-state index contributed by atoms with van der Waals surface area (Å²) in [5.41, 5.74) is 0. The Bertz CT molecular complexity index is 334. The molecule has 0 spiro atoms. The molecule has 0 aliphatic carbocycles. The number of rotatable bonds is 4. The van der Waals surface area contributed by atoms with Gasteiger partial charge < -0.3 is 0 Å². The average Bonchev–Trinajstić information content (AvgIpc) is 2.83. The second kappa shape index (κ2) is 5.60. The normalized spacial score (nSPS) is 22.2. The van der Waals surface area contributed by atoms with E-state index in [9.17, 15) is 4.79 Å². The number of likely N-dealkylation sites (tertiary alicyclic amines) is 1. The van der Waals surface area contributed by atoms with Gasteiger partial charge in [0, 0.05) is 6.04 Å². The summed E-state index contributed by atoms with van der Waals surface area (Å²) in [6.45, 7) is 3.92. The molecule has 3 heteroatoms. The lowest BCUT2D eigenvalue weighted by molar-refractivity contribution is 0.0842. The third kappa shape index (κ3) is 2.71. The highest BCUT2D eigenvalue weighted by Gasteiger charge is 2.23. The molecule has 2 nitrogen and oxygen atoms in total. The monoisotopic (exact) mass is 237 g/mol. The van der Waals surface area contributed by atoms with Gasteiger partial charge in [0.25, 0.3) is 0 Å². The average molecular weight is 237 g/mol.